The summed E-state index contributed by atoms with van der Waals surface area (Å²) < 4.78 is 38.3. The lowest BCUT2D eigenvalue weighted by molar-refractivity contribution is 0.250. The molecule has 1 fully saturated rings. The first-order chi connectivity index (χ1) is 12.3. The first kappa shape index (κ1) is 24.1. The SMILES string of the molecule is CN=C(NCCS(=O)(=O)c1ccccc1F)N(C)CC1CCC(C)CC1.I. The van der Waals surface area contributed by atoms with E-state index < -0.39 is 15.7 Å². The first-order valence-electron chi connectivity index (χ1n) is 9.22. The number of benzene rings is 1. The molecular formula is C19H31FIN3O2S. The molecule has 0 unspecified atom stereocenters. The molecule has 27 heavy (non-hydrogen) atoms. The summed E-state index contributed by atoms with van der Waals surface area (Å²) in [6.07, 6.45) is 4.99. The maximum atomic E-state index is 13.7. The lowest BCUT2D eigenvalue weighted by Gasteiger charge is -2.31. The smallest absolute Gasteiger partial charge is 0.193 e. The van der Waals surface area contributed by atoms with Crippen molar-refractivity contribution in [3.63, 3.8) is 0 Å². The minimum atomic E-state index is -3.66. The van der Waals surface area contributed by atoms with E-state index in [0.29, 0.717) is 11.9 Å². The molecule has 1 saturated carbocycles. The van der Waals surface area contributed by atoms with E-state index in [1.165, 1.54) is 43.9 Å². The largest absolute Gasteiger partial charge is 0.355 e. The van der Waals surface area contributed by atoms with Crippen LogP contribution in [0.15, 0.2) is 34.2 Å². The zero-order chi connectivity index (χ0) is 19.2. The van der Waals surface area contributed by atoms with Gasteiger partial charge < -0.3 is 10.2 Å². The Morgan fingerprint density at radius 2 is 1.89 bits per heavy atom. The lowest BCUT2D eigenvalue weighted by Crippen LogP contribution is -2.43. The summed E-state index contributed by atoms with van der Waals surface area (Å²) >= 11 is 0. The molecule has 0 amide bonds. The van der Waals surface area contributed by atoms with Gasteiger partial charge in [-0.1, -0.05) is 31.9 Å². The van der Waals surface area contributed by atoms with E-state index in [0.717, 1.165) is 18.5 Å². The van der Waals surface area contributed by atoms with Crippen LogP contribution in [0, 0.1) is 17.7 Å². The van der Waals surface area contributed by atoms with Gasteiger partial charge in [-0.2, -0.15) is 0 Å². The molecule has 0 aliphatic heterocycles. The quantitative estimate of drug-likeness (QED) is 0.361. The number of aliphatic imine (C=N–C) groups is 1. The molecule has 1 N–H and O–H groups in total. The van der Waals surface area contributed by atoms with E-state index in [2.05, 4.69) is 22.1 Å². The van der Waals surface area contributed by atoms with Crippen molar-refractivity contribution in [2.45, 2.75) is 37.5 Å². The molecule has 2 rings (SSSR count). The minimum Gasteiger partial charge on any atom is -0.355 e. The van der Waals surface area contributed by atoms with Gasteiger partial charge in [0.1, 0.15) is 10.7 Å². The van der Waals surface area contributed by atoms with Crippen LogP contribution in [0.3, 0.4) is 0 Å². The number of sulfone groups is 1. The highest BCUT2D eigenvalue weighted by atomic mass is 127. The molecule has 154 valence electrons. The molecule has 1 aliphatic carbocycles. The predicted molar refractivity (Wildman–Crippen MR) is 119 cm³/mol. The fourth-order valence-corrected chi connectivity index (χ4v) is 4.72. The summed E-state index contributed by atoms with van der Waals surface area (Å²) in [4.78, 5) is 6.04. The average Bonchev–Trinajstić information content (AvgIpc) is 2.61. The number of guanidine groups is 1. The summed E-state index contributed by atoms with van der Waals surface area (Å²) in [6, 6.07) is 5.48. The number of rotatable bonds is 6. The molecule has 1 aromatic carbocycles. The van der Waals surface area contributed by atoms with Gasteiger partial charge in [-0.05, 0) is 36.8 Å². The fourth-order valence-electron chi connectivity index (χ4n) is 3.47. The maximum absolute atomic E-state index is 13.7. The topological polar surface area (TPSA) is 61.8 Å². The van der Waals surface area contributed by atoms with Crippen LogP contribution in [0.2, 0.25) is 0 Å². The Morgan fingerprint density at radius 1 is 1.26 bits per heavy atom. The Labute approximate surface area is 179 Å². The van der Waals surface area contributed by atoms with E-state index in [-0.39, 0.29) is 41.2 Å². The van der Waals surface area contributed by atoms with Gasteiger partial charge in [0.2, 0.25) is 0 Å². The van der Waals surface area contributed by atoms with Gasteiger partial charge in [0, 0.05) is 27.2 Å². The van der Waals surface area contributed by atoms with Crippen molar-refractivity contribution in [1.82, 2.24) is 10.2 Å². The summed E-state index contributed by atoms with van der Waals surface area (Å²) in [7, 11) is -0.00630. The zero-order valence-corrected chi connectivity index (χ0v) is 19.5. The van der Waals surface area contributed by atoms with Crippen LogP contribution in [0.1, 0.15) is 32.6 Å². The van der Waals surface area contributed by atoms with Crippen LogP contribution in [0.25, 0.3) is 0 Å². The second-order valence-corrected chi connectivity index (χ2v) is 9.31. The summed E-state index contributed by atoms with van der Waals surface area (Å²) in [5.74, 6) is 1.25. The number of hydrogen-bond acceptors (Lipinski definition) is 3. The summed E-state index contributed by atoms with van der Waals surface area (Å²) in [5, 5.41) is 3.09. The van der Waals surface area contributed by atoms with Crippen molar-refractivity contribution >= 4 is 39.8 Å². The van der Waals surface area contributed by atoms with Crippen molar-refractivity contribution in [2.75, 3.05) is 32.9 Å². The molecule has 0 heterocycles. The minimum absolute atomic E-state index is 0. The standard InChI is InChI=1S/C19H30FN3O2S.HI/c1-15-8-10-16(11-9-15)14-23(3)19(21-2)22-12-13-26(24,25)18-7-5-4-6-17(18)20;/h4-7,15-16H,8-14H2,1-3H3,(H,21,22);1H. The summed E-state index contributed by atoms with van der Waals surface area (Å²) in [6.45, 7) is 3.40. The van der Waals surface area contributed by atoms with Gasteiger partial charge in [-0.25, -0.2) is 12.8 Å². The van der Waals surface area contributed by atoms with E-state index in [9.17, 15) is 12.8 Å². The van der Waals surface area contributed by atoms with Gasteiger partial charge in [-0.3, -0.25) is 4.99 Å². The van der Waals surface area contributed by atoms with Crippen LogP contribution in [-0.4, -0.2) is 52.2 Å². The van der Waals surface area contributed by atoms with Crippen molar-refractivity contribution in [3.05, 3.63) is 30.1 Å². The molecule has 0 bridgehead atoms. The number of hydrogen-bond donors (Lipinski definition) is 1. The van der Waals surface area contributed by atoms with Gasteiger partial charge in [0.15, 0.2) is 15.8 Å². The molecule has 0 spiro atoms. The Hall–Kier alpha value is -0.900. The second kappa shape index (κ2) is 11.2. The van der Waals surface area contributed by atoms with E-state index in [4.69, 9.17) is 0 Å². The normalized spacial score (nSPS) is 20.7. The van der Waals surface area contributed by atoms with Gasteiger partial charge >= 0.3 is 0 Å². The van der Waals surface area contributed by atoms with E-state index >= 15 is 0 Å². The third-order valence-corrected chi connectivity index (χ3v) is 6.81. The Bertz CT molecular complexity index is 719. The van der Waals surface area contributed by atoms with Gasteiger partial charge in [0.25, 0.3) is 0 Å². The lowest BCUT2D eigenvalue weighted by atomic mass is 9.83. The molecule has 0 atom stereocenters. The third kappa shape index (κ3) is 7.21. The fraction of sp³-hybridized carbons (Fsp3) is 0.632. The van der Waals surface area contributed by atoms with Gasteiger partial charge in [-0.15, -0.1) is 24.0 Å². The molecule has 1 aromatic rings. The molecular weight excluding hydrogens is 480 g/mol. The molecule has 0 radical (unpaired) electrons. The monoisotopic (exact) mass is 511 g/mol. The van der Waals surface area contributed by atoms with Crippen LogP contribution in [0.5, 0.6) is 0 Å². The second-order valence-electron chi connectivity index (χ2n) is 7.23. The van der Waals surface area contributed by atoms with Crippen LogP contribution >= 0.6 is 24.0 Å². The highest BCUT2D eigenvalue weighted by Crippen LogP contribution is 2.28. The number of halogens is 2. The van der Waals surface area contributed by atoms with Crippen molar-refractivity contribution in [2.24, 2.45) is 16.8 Å². The highest BCUT2D eigenvalue weighted by molar-refractivity contribution is 14.0. The first-order valence-corrected chi connectivity index (χ1v) is 10.9. The highest BCUT2D eigenvalue weighted by Gasteiger charge is 2.22. The Balaban J connectivity index is 0.00000364. The van der Waals surface area contributed by atoms with E-state index in [1.54, 1.807) is 7.05 Å². The average molecular weight is 511 g/mol. The van der Waals surface area contributed by atoms with E-state index in [1.807, 2.05) is 7.05 Å². The molecule has 0 aromatic heterocycles. The Morgan fingerprint density at radius 3 is 2.48 bits per heavy atom. The van der Waals surface area contributed by atoms with Crippen LogP contribution in [0.4, 0.5) is 4.39 Å². The molecule has 8 heteroatoms. The van der Waals surface area contributed by atoms with Crippen molar-refractivity contribution in [1.29, 1.82) is 0 Å². The van der Waals surface area contributed by atoms with Crippen LogP contribution < -0.4 is 5.32 Å². The maximum Gasteiger partial charge on any atom is 0.193 e. The summed E-state index contributed by atoms with van der Waals surface area (Å²) in [5.41, 5.74) is 0. The van der Waals surface area contributed by atoms with Crippen molar-refractivity contribution in [3.8, 4) is 0 Å². The number of nitrogens with one attached hydrogen (secondary N) is 1. The molecule has 1 aliphatic rings. The number of nitrogens with zero attached hydrogens (tertiary/aromatic N) is 2. The molecule has 5 nitrogen and oxygen atoms in total. The Kier molecular flexibility index (Phi) is 10.0. The zero-order valence-electron chi connectivity index (χ0n) is 16.3. The van der Waals surface area contributed by atoms with Crippen molar-refractivity contribution < 1.29 is 12.8 Å². The van der Waals surface area contributed by atoms with Gasteiger partial charge in [0.05, 0.1) is 5.75 Å². The third-order valence-electron chi connectivity index (χ3n) is 5.07. The predicted octanol–water partition coefficient (Wildman–Crippen LogP) is 3.55. The molecule has 0 saturated heterocycles. The van der Waals surface area contributed by atoms with Crippen LogP contribution in [-0.2, 0) is 9.84 Å².